The van der Waals surface area contributed by atoms with Crippen LogP contribution < -0.4 is 9.64 Å². The van der Waals surface area contributed by atoms with Crippen molar-refractivity contribution in [1.82, 2.24) is 0 Å². The summed E-state index contributed by atoms with van der Waals surface area (Å²) in [5.74, 6) is 0.481. The molecule has 0 bridgehead atoms. The summed E-state index contributed by atoms with van der Waals surface area (Å²) in [6, 6.07) is 7.41. The fourth-order valence-corrected chi connectivity index (χ4v) is 1.87. The average molecular weight is 297 g/mol. The van der Waals surface area contributed by atoms with Crippen molar-refractivity contribution >= 4 is 11.7 Å². The Kier molecular flexibility index (Phi) is 8.23. The van der Waals surface area contributed by atoms with E-state index in [0.717, 1.165) is 11.4 Å². The number of anilines is 1. The molecule has 0 atom stereocenters. The van der Waals surface area contributed by atoms with Crippen molar-refractivity contribution in [3.63, 3.8) is 0 Å². The Bertz CT molecular complexity index is 401. The van der Waals surface area contributed by atoms with Gasteiger partial charge in [0.05, 0.1) is 26.9 Å². The molecule has 0 saturated carbocycles. The van der Waals surface area contributed by atoms with Gasteiger partial charge in [0.25, 0.3) is 0 Å². The number of rotatable bonds is 10. The molecule has 2 N–H and O–H groups in total. The standard InChI is InChI=1S/C15H23NO5/c1-20-15(19)3-2-12-21-14-6-4-13(5-7-14)16(8-10-17)9-11-18/h4-7,17-18H,2-3,8-12H2,1H3. The van der Waals surface area contributed by atoms with Crippen molar-refractivity contribution in [2.24, 2.45) is 0 Å². The molecule has 1 aromatic carbocycles. The van der Waals surface area contributed by atoms with Gasteiger partial charge in [-0.15, -0.1) is 0 Å². The van der Waals surface area contributed by atoms with Crippen molar-refractivity contribution < 1.29 is 24.5 Å². The predicted molar refractivity (Wildman–Crippen MR) is 79.6 cm³/mol. The van der Waals surface area contributed by atoms with E-state index in [4.69, 9.17) is 14.9 Å². The van der Waals surface area contributed by atoms with Gasteiger partial charge in [0.2, 0.25) is 0 Å². The fraction of sp³-hybridized carbons (Fsp3) is 0.533. The summed E-state index contributed by atoms with van der Waals surface area (Å²) in [6.07, 6.45) is 0.949. The second kappa shape index (κ2) is 10.0. The van der Waals surface area contributed by atoms with E-state index >= 15 is 0 Å². The number of benzene rings is 1. The molecule has 6 nitrogen and oxygen atoms in total. The average Bonchev–Trinajstić information content (AvgIpc) is 2.51. The smallest absolute Gasteiger partial charge is 0.305 e. The fourth-order valence-electron chi connectivity index (χ4n) is 1.87. The van der Waals surface area contributed by atoms with Crippen LogP contribution in [0, 0.1) is 0 Å². The lowest BCUT2D eigenvalue weighted by molar-refractivity contribution is -0.140. The van der Waals surface area contributed by atoms with Gasteiger partial charge in [-0.2, -0.15) is 0 Å². The summed E-state index contributed by atoms with van der Waals surface area (Å²) in [7, 11) is 1.37. The molecule has 21 heavy (non-hydrogen) atoms. The highest BCUT2D eigenvalue weighted by molar-refractivity contribution is 5.69. The number of nitrogens with zero attached hydrogens (tertiary/aromatic N) is 1. The number of hydrogen-bond acceptors (Lipinski definition) is 6. The van der Waals surface area contributed by atoms with E-state index in [1.165, 1.54) is 7.11 Å². The lowest BCUT2D eigenvalue weighted by Crippen LogP contribution is -2.29. The molecule has 0 heterocycles. The topological polar surface area (TPSA) is 79.2 Å². The third kappa shape index (κ3) is 6.46. The molecule has 0 fully saturated rings. The van der Waals surface area contributed by atoms with Crippen LogP contribution in [0.3, 0.4) is 0 Å². The molecule has 0 unspecified atom stereocenters. The van der Waals surface area contributed by atoms with Gasteiger partial charge < -0.3 is 24.6 Å². The molecule has 1 rings (SSSR count). The number of methoxy groups -OCH3 is 1. The predicted octanol–water partition coefficient (Wildman–Crippen LogP) is 0.810. The van der Waals surface area contributed by atoms with Crippen LogP contribution >= 0.6 is 0 Å². The molecular weight excluding hydrogens is 274 g/mol. The quantitative estimate of drug-likeness (QED) is 0.491. The number of ether oxygens (including phenoxy) is 2. The minimum Gasteiger partial charge on any atom is -0.494 e. The normalized spacial score (nSPS) is 10.2. The molecule has 6 heteroatoms. The van der Waals surface area contributed by atoms with Gasteiger partial charge in [-0.3, -0.25) is 4.79 Å². The number of hydrogen-bond donors (Lipinski definition) is 2. The van der Waals surface area contributed by atoms with Gasteiger partial charge in [-0.1, -0.05) is 0 Å². The highest BCUT2D eigenvalue weighted by Gasteiger charge is 2.05. The lowest BCUT2D eigenvalue weighted by atomic mass is 10.2. The van der Waals surface area contributed by atoms with Gasteiger partial charge in [-0.05, 0) is 30.7 Å². The minimum atomic E-state index is -0.238. The maximum Gasteiger partial charge on any atom is 0.305 e. The summed E-state index contributed by atoms with van der Waals surface area (Å²) in [4.78, 5) is 12.8. The van der Waals surface area contributed by atoms with Crippen LogP contribution in [0.5, 0.6) is 5.75 Å². The zero-order valence-electron chi connectivity index (χ0n) is 12.3. The molecule has 0 spiro atoms. The second-order valence-corrected chi connectivity index (χ2v) is 4.46. The molecule has 0 aliphatic rings. The maximum absolute atomic E-state index is 10.9. The molecule has 0 aliphatic carbocycles. The molecule has 0 aromatic heterocycles. The van der Waals surface area contributed by atoms with E-state index in [1.54, 1.807) is 0 Å². The van der Waals surface area contributed by atoms with Crippen molar-refractivity contribution in [2.45, 2.75) is 12.8 Å². The Morgan fingerprint density at radius 2 is 1.76 bits per heavy atom. The summed E-state index contributed by atoms with van der Waals surface area (Å²) >= 11 is 0. The van der Waals surface area contributed by atoms with Crippen LogP contribution in [0.1, 0.15) is 12.8 Å². The van der Waals surface area contributed by atoms with Crippen LogP contribution in [0.2, 0.25) is 0 Å². The van der Waals surface area contributed by atoms with Crippen molar-refractivity contribution in [2.75, 3.05) is 44.9 Å². The highest BCUT2D eigenvalue weighted by atomic mass is 16.5. The summed E-state index contributed by atoms with van der Waals surface area (Å²) in [5.41, 5.74) is 0.917. The molecule has 0 saturated heterocycles. The number of aliphatic hydroxyl groups excluding tert-OH is 2. The Labute approximate surface area is 124 Å². The van der Waals surface area contributed by atoms with Crippen LogP contribution in [0.4, 0.5) is 5.69 Å². The van der Waals surface area contributed by atoms with Crippen molar-refractivity contribution in [3.8, 4) is 5.75 Å². The van der Waals surface area contributed by atoms with Gasteiger partial charge in [0.15, 0.2) is 0 Å². The van der Waals surface area contributed by atoms with E-state index in [2.05, 4.69) is 4.74 Å². The Morgan fingerprint density at radius 3 is 2.29 bits per heavy atom. The zero-order chi connectivity index (χ0) is 15.5. The van der Waals surface area contributed by atoms with E-state index < -0.39 is 0 Å². The Hall–Kier alpha value is -1.79. The zero-order valence-corrected chi connectivity index (χ0v) is 12.3. The number of carbonyl (C=O) groups excluding carboxylic acids is 1. The van der Waals surface area contributed by atoms with E-state index in [0.29, 0.717) is 32.5 Å². The molecule has 118 valence electrons. The monoisotopic (exact) mass is 297 g/mol. The van der Waals surface area contributed by atoms with Crippen molar-refractivity contribution in [1.29, 1.82) is 0 Å². The SMILES string of the molecule is COC(=O)CCCOc1ccc(N(CCO)CCO)cc1. The van der Waals surface area contributed by atoms with Crippen LogP contribution in [-0.2, 0) is 9.53 Å². The molecule has 0 aliphatic heterocycles. The highest BCUT2D eigenvalue weighted by Crippen LogP contribution is 2.19. The Morgan fingerprint density at radius 1 is 1.14 bits per heavy atom. The largest absolute Gasteiger partial charge is 0.494 e. The number of esters is 1. The lowest BCUT2D eigenvalue weighted by Gasteiger charge is -2.23. The van der Waals surface area contributed by atoms with E-state index in [9.17, 15) is 4.79 Å². The summed E-state index contributed by atoms with van der Waals surface area (Å²) in [5, 5.41) is 18.0. The first-order valence-corrected chi connectivity index (χ1v) is 6.97. The summed E-state index contributed by atoms with van der Waals surface area (Å²) < 4.78 is 10.1. The van der Waals surface area contributed by atoms with Crippen LogP contribution in [-0.4, -0.2) is 56.2 Å². The molecular formula is C15H23NO5. The van der Waals surface area contributed by atoms with E-state index in [1.807, 2.05) is 29.2 Å². The number of carbonyl (C=O) groups is 1. The molecule has 0 radical (unpaired) electrons. The van der Waals surface area contributed by atoms with Crippen LogP contribution in [0.15, 0.2) is 24.3 Å². The molecule has 1 aromatic rings. The third-order valence-corrected chi connectivity index (χ3v) is 2.96. The first-order chi connectivity index (χ1) is 10.2. The van der Waals surface area contributed by atoms with Gasteiger partial charge >= 0.3 is 5.97 Å². The molecule has 0 amide bonds. The minimum absolute atomic E-state index is 0.0335. The van der Waals surface area contributed by atoms with Gasteiger partial charge in [-0.25, -0.2) is 0 Å². The maximum atomic E-state index is 10.9. The van der Waals surface area contributed by atoms with Crippen LogP contribution in [0.25, 0.3) is 0 Å². The Balaban J connectivity index is 2.43. The first kappa shape index (κ1) is 17.3. The van der Waals surface area contributed by atoms with Gasteiger partial charge in [0, 0.05) is 25.2 Å². The second-order valence-electron chi connectivity index (χ2n) is 4.46. The first-order valence-electron chi connectivity index (χ1n) is 6.97. The number of aliphatic hydroxyl groups is 2. The van der Waals surface area contributed by atoms with Gasteiger partial charge in [0.1, 0.15) is 5.75 Å². The van der Waals surface area contributed by atoms with Crippen molar-refractivity contribution in [3.05, 3.63) is 24.3 Å². The summed E-state index contributed by atoms with van der Waals surface area (Å²) in [6.45, 7) is 1.46. The third-order valence-electron chi connectivity index (χ3n) is 2.96. The van der Waals surface area contributed by atoms with E-state index in [-0.39, 0.29) is 19.2 Å².